The van der Waals surface area contributed by atoms with Crippen molar-refractivity contribution in [2.75, 3.05) is 13.2 Å². The molecule has 1 aromatic rings. The smallest absolute Gasteiger partial charge is 0.251 e. The fourth-order valence-corrected chi connectivity index (χ4v) is 1.82. The standard InChI is InChI=1S/C14H20N2O3/c1-3-18-12-6-5-9(7-13(12)19-4-2)14(17)16-11-8-10(11)15/h5-7,10-11H,3-4,8,15H2,1-2H3,(H,16,17). The van der Waals surface area contributed by atoms with E-state index in [0.29, 0.717) is 30.3 Å². The number of ether oxygens (including phenoxy) is 2. The number of nitrogens with one attached hydrogen (secondary N) is 1. The zero-order valence-corrected chi connectivity index (χ0v) is 11.3. The molecule has 2 rings (SSSR count). The van der Waals surface area contributed by atoms with Crippen LogP contribution in [0.1, 0.15) is 30.6 Å². The van der Waals surface area contributed by atoms with Crippen molar-refractivity contribution >= 4 is 5.91 Å². The van der Waals surface area contributed by atoms with Crippen molar-refractivity contribution in [3.63, 3.8) is 0 Å². The summed E-state index contributed by atoms with van der Waals surface area (Å²) in [6.45, 7) is 4.89. The molecule has 0 saturated heterocycles. The Morgan fingerprint density at radius 3 is 2.53 bits per heavy atom. The van der Waals surface area contributed by atoms with E-state index in [4.69, 9.17) is 15.2 Å². The molecular formula is C14H20N2O3. The molecule has 0 spiro atoms. The van der Waals surface area contributed by atoms with Gasteiger partial charge in [-0.15, -0.1) is 0 Å². The molecule has 1 aromatic carbocycles. The molecule has 1 amide bonds. The van der Waals surface area contributed by atoms with Gasteiger partial charge >= 0.3 is 0 Å². The predicted molar refractivity (Wildman–Crippen MR) is 72.6 cm³/mol. The average Bonchev–Trinajstić information content (AvgIpc) is 3.07. The van der Waals surface area contributed by atoms with Crippen molar-refractivity contribution in [3.8, 4) is 11.5 Å². The van der Waals surface area contributed by atoms with Crippen LogP contribution in [0.3, 0.4) is 0 Å². The van der Waals surface area contributed by atoms with E-state index in [0.717, 1.165) is 6.42 Å². The Balaban J connectivity index is 2.11. The molecule has 2 unspecified atom stereocenters. The molecule has 1 saturated carbocycles. The Hall–Kier alpha value is -1.75. The molecule has 5 heteroatoms. The molecule has 1 fully saturated rings. The number of benzene rings is 1. The maximum absolute atomic E-state index is 12.0. The summed E-state index contributed by atoms with van der Waals surface area (Å²) in [6.07, 6.45) is 0.848. The Labute approximate surface area is 113 Å². The van der Waals surface area contributed by atoms with Gasteiger partial charge in [0.05, 0.1) is 13.2 Å². The Morgan fingerprint density at radius 1 is 1.32 bits per heavy atom. The molecule has 104 valence electrons. The van der Waals surface area contributed by atoms with E-state index in [1.165, 1.54) is 0 Å². The van der Waals surface area contributed by atoms with Crippen LogP contribution >= 0.6 is 0 Å². The van der Waals surface area contributed by atoms with Crippen LogP contribution in [0.15, 0.2) is 18.2 Å². The van der Waals surface area contributed by atoms with Crippen molar-refractivity contribution in [1.29, 1.82) is 0 Å². The van der Waals surface area contributed by atoms with Crippen LogP contribution in [-0.2, 0) is 0 Å². The SMILES string of the molecule is CCOc1ccc(C(=O)NC2CC2N)cc1OCC. The monoisotopic (exact) mass is 264 g/mol. The number of carbonyl (C=O) groups is 1. The molecule has 0 bridgehead atoms. The molecule has 0 radical (unpaired) electrons. The zero-order chi connectivity index (χ0) is 13.8. The van der Waals surface area contributed by atoms with Crippen LogP contribution in [0.5, 0.6) is 11.5 Å². The number of amides is 1. The summed E-state index contributed by atoms with van der Waals surface area (Å²) in [6, 6.07) is 5.40. The van der Waals surface area contributed by atoms with Gasteiger partial charge in [-0.3, -0.25) is 4.79 Å². The lowest BCUT2D eigenvalue weighted by Crippen LogP contribution is -2.29. The topological polar surface area (TPSA) is 73.6 Å². The second-order valence-electron chi connectivity index (χ2n) is 4.51. The van der Waals surface area contributed by atoms with E-state index in [1.54, 1.807) is 18.2 Å². The van der Waals surface area contributed by atoms with Crippen molar-refractivity contribution in [2.24, 2.45) is 5.73 Å². The molecule has 0 heterocycles. The fraction of sp³-hybridized carbons (Fsp3) is 0.500. The number of rotatable bonds is 6. The van der Waals surface area contributed by atoms with Gasteiger partial charge in [-0.05, 0) is 38.5 Å². The molecule has 0 aliphatic heterocycles. The Morgan fingerprint density at radius 2 is 1.95 bits per heavy atom. The number of hydrogen-bond donors (Lipinski definition) is 2. The highest BCUT2D eigenvalue weighted by Crippen LogP contribution is 2.29. The van der Waals surface area contributed by atoms with E-state index in [2.05, 4.69) is 5.32 Å². The van der Waals surface area contributed by atoms with E-state index in [1.807, 2.05) is 13.8 Å². The second kappa shape index (κ2) is 5.93. The summed E-state index contributed by atoms with van der Waals surface area (Å²) < 4.78 is 11.0. The third-order valence-electron chi connectivity index (χ3n) is 2.96. The third kappa shape index (κ3) is 3.38. The molecular weight excluding hydrogens is 244 g/mol. The maximum Gasteiger partial charge on any atom is 0.251 e. The minimum Gasteiger partial charge on any atom is -0.490 e. The van der Waals surface area contributed by atoms with Crippen molar-refractivity contribution in [3.05, 3.63) is 23.8 Å². The van der Waals surface area contributed by atoms with E-state index in [-0.39, 0.29) is 18.0 Å². The summed E-state index contributed by atoms with van der Waals surface area (Å²) in [5.74, 6) is 1.13. The Bertz CT molecular complexity index is 462. The predicted octanol–water partition coefficient (Wildman–Crippen LogP) is 1.31. The van der Waals surface area contributed by atoms with Crippen LogP contribution < -0.4 is 20.5 Å². The highest BCUT2D eigenvalue weighted by atomic mass is 16.5. The van der Waals surface area contributed by atoms with E-state index < -0.39 is 0 Å². The normalized spacial score (nSPS) is 20.8. The molecule has 0 aromatic heterocycles. The first-order chi connectivity index (χ1) is 9.15. The summed E-state index contributed by atoms with van der Waals surface area (Å²) in [5.41, 5.74) is 6.24. The number of carbonyl (C=O) groups excluding carboxylic acids is 1. The molecule has 1 aliphatic carbocycles. The highest BCUT2D eigenvalue weighted by molar-refractivity contribution is 5.95. The van der Waals surface area contributed by atoms with Gasteiger partial charge in [0.1, 0.15) is 0 Å². The molecule has 5 nitrogen and oxygen atoms in total. The van der Waals surface area contributed by atoms with E-state index >= 15 is 0 Å². The highest BCUT2D eigenvalue weighted by Gasteiger charge is 2.34. The summed E-state index contributed by atoms with van der Waals surface area (Å²) in [4.78, 5) is 12.0. The quantitative estimate of drug-likeness (QED) is 0.812. The molecule has 19 heavy (non-hydrogen) atoms. The largest absolute Gasteiger partial charge is 0.490 e. The van der Waals surface area contributed by atoms with Gasteiger partial charge in [0.2, 0.25) is 0 Å². The molecule has 1 aliphatic rings. The van der Waals surface area contributed by atoms with Crippen LogP contribution in [-0.4, -0.2) is 31.2 Å². The van der Waals surface area contributed by atoms with Crippen LogP contribution in [0.4, 0.5) is 0 Å². The lowest BCUT2D eigenvalue weighted by atomic mass is 10.2. The summed E-state index contributed by atoms with van der Waals surface area (Å²) >= 11 is 0. The minimum atomic E-state index is -0.123. The lowest BCUT2D eigenvalue weighted by Gasteiger charge is -2.12. The average molecular weight is 264 g/mol. The van der Waals surface area contributed by atoms with Gasteiger partial charge in [0.25, 0.3) is 5.91 Å². The minimum absolute atomic E-state index is 0.0954. The first kappa shape index (κ1) is 13.7. The van der Waals surface area contributed by atoms with Gasteiger partial charge in [0.15, 0.2) is 11.5 Å². The molecule has 3 N–H and O–H groups in total. The van der Waals surface area contributed by atoms with Crippen LogP contribution in [0, 0.1) is 0 Å². The zero-order valence-electron chi connectivity index (χ0n) is 11.3. The maximum atomic E-state index is 12.0. The summed E-state index contributed by atoms with van der Waals surface area (Å²) in [5, 5.41) is 2.88. The number of hydrogen-bond acceptors (Lipinski definition) is 4. The lowest BCUT2D eigenvalue weighted by molar-refractivity contribution is 0.0949. The van der Waals surface area contributed by atoms with Crippen LogP contribution in [0.2, 0.25) is 0 Å². The van der Waals surface area contributed by atoms with Gasteiger partial charge in [-0.2, -0.15) is 0 Å². The van der Waals surface area contributed by atoms with E-state index in [9.17, 15) is 4.79 Å². The van der Waals surface area contributed by atoms with Crippen molar-refractivity contribution < 1.29 is 14.3 Å². The first-order valence-corrected chi connectivity index (χ1v) is 6.61. The third-order valence-corrected chi connectivity index (χ3v) is 2.96. The van der Waals surface area contributed by atoms with Gasteiger partial charge in [0, 0.05) is 17.6 Å². The first-order valence-electron chi connectivity index (χ1n) is 6.61. The fourth-order valence-electron chi connectivity index (χ4n) is 1.82. The van der Waals surface area contributed by atoms with Crippen molar-refractivity contribution in [1.82, 2.24) is 5.32 Å². The van der Waals surface area contributed by atoms with Gasteiger partial charge in [-0.1, -0.05) is 0 Å². The van der Waals surface area contributed by atoms with Crippen molar-refractivity contribution in [2.45, 2.75) is 32.4 Å². The second-order valence-corrected chi connectivity index (χ2v) is 4.51. The Kier molecular flexibility index (Phi) is 4.27. The van der Waals surface area contributed by atoms with Crippen LogP contribution in [0.25, 0.3) is 0 Å². The van der Waals surface area contributed by atoms with Gasteiger partial charge < -0.3 is 20.5 Å². The number of nitrogens with two attached hydrogens (primary N) is 1. The molecule has 2 atom stereocenters. The van der Waals surface area contributed by atoms with Gasteiger partial charge in [-0.25, -0.2) is 0 Å². The summed E-state index contributed by atoms with van der Waals surface area (Å²) in [7, 11) is 0.